The number of carbonyl (C=O) groups is 2. The van der Waals surface area contributed by atoms with Crippen molar-refractivity contribution in [3.63, 3.8) is 0 Å². The zero-order valence-corrected chi connectivity index (χ0v) is 39.7. The second-order valence-corrected chi connectivity index (χ2v) is 21.0. The van der Waals surface area contributed by atoms with Gasteiger partial charge in [-0.05, 0) is 74.3 Å². The van der Waals surface area contributed by atoms with E-state index in [1.807, 2.05) is 12.1 Å². The van der Waals surface area contributed by atoms with Crippen LogP contribution in [0, 0.1) is 0 Å². The SMILES string of the molecule is CC(C)(C)c1cc(CCC(=O)O)cc(C(C)(C)C)c1O.CCCCCCCCCCCCCCCCCCOC(=O)CCc1cc(C(C)(C)C)c(O)c(C(C)(C)C)c1. The lowest BCUT2D eigenvalue weighted by Gasteiger charge is -2.28. The van der Waals surface area contributed by atoms with Gasteiger partial charge < -0.3 is 20.1 Å². The van der Waals surface area contributed by atoms with E-state index in [2.05, 4.69) is 102 Å². The van der Waals surface area contributed by atoms with Crippen molar-refractivity contribution in [2.45, 2.75) is 240 Å². The first kappa shape index (κ1) is 53.0. The predicted octanol–water partition coefficient (Wildman–Crippen LogP) is 14.7. The molecule has 0 aliphatic rings. The molecule has 6 nitrogen and oxygen atoms in total. The van der Waals surface area contributed by atoms with Crippen molar-refractivity contribution in [2.24, 2.45) is 0 Å². The first-order valence-corrected chi connectivity index (χ1v) is 23.0. The van der Waals surface area contributed by atoms with Crippen molar-refractivity contribution in [3.05, 3.63) is 57.6 Å². The Hall–Kier alpha value is -3.02. The monoisotopic (exact) mass is 809 g/mol. The van der Waals surface area contributed by atoms with Crippen LogP contribution in [-0.2, 0) is 48.8 Å². The molecule has 0 heterocycles. The molecule has 2 aromatic carbocycles. The fourth-order valence-electron chi connectivity index (χ4n) is 7.37. The van der Waals surface area contributed by atoms with Crippen molar-refractivity contribution in [3.8, 4) is 11.5 Å². The average Bonchev–Trinajstić information content (AvgIpc) is 3.10. The maximum absolute atomic E-state index is 12.3. The molecule has 0 radical (unpaired) electrons. The van der Waals surface area contributed by atoms with Gasteiger partial charge in [-0.15, -0.1) is 0 Å². The number of aryl methyl sites for hydroxylation is 2. The van der Waals surface area contributed by atoms with Gasteiger partial charge in [0.15, 0.2) is 0 Å². The topological polar surface area (TPSA) is 104 Å². The number of unbranched alkanes of at least 4 members (excludes halogenated alkanes) is 15. The third-order valence-corrected chi connectivity index (χ3v) is 11.1. The maximum Gasteiger partial charge on any atom is 0.306 e. The molecule has 0 spiro atoms. The summed E-state index contributed by atoms with van der Waals surface area (Å²) in [5, 5.41) is 30.3. The van der Waals surface area contributed by atoms with Crippen molar-refractivity contribution >= 4 is 11.9 Å². The van der Waals surface area contributed by atoms with Gasteiger partial charge >= 0.3 is 11.9 Å². The molecule has 0 fully saturated rings. The largest absolute Gasteiger partial charge is 0.507 e. The standard InChI is InChI=1S/C35H62O3.C17H26O3/c1-8-9-10-11-12-13-14-15-16-17-18-19-20-21-22-23-26-38-32(36)25-24-29-27-30(34(2,3)4)33(37)31(28-29)35(5,6)7;1-16(2,3)12-9-11(7-8-14(18)19)10-13(15(12)20)17(4,5)6/h27-28,37H,8-26H2,1-7H3;9-10,20H,7-8H2,1-6H3,(H,18,19). The third-order valence-electron chi connectivity index (χ3n) is 11.1. The Morgan fingerprint density at radius 1 is 0.466 bits per heavy atom. The van der Waals surface area contributed by atoms with E-state index in [1.54, 1.807) is 0 Å². The highest BCUT2D eigenvalue weighted by atomic mass is 16.5. The number of carboxylic acid groups (broad SMARTS) is 1. The molecule has 0 aromatic heterocycles. The predicted molar refractivity (Wildman–Crippen MR) is 246 cm³/mol. The molecule has 2 aromatic rings. The van der Waals surface area contributed by atoms with Crippen molar-refractivity contribution in [2.75, 3.05) is 6.61 Å². The van der Waals surface area contributed by atoms with Crippen LogP contribution >= 0.6 is 0 Å². The quantitative estimate of drug-likeness (QED) is 0.0763. The van der Waals surface area contributed by atoms with Crippen molar-refractivity contribution in [1.29, 1.82) is 0 Å². The first-order valence-electron chi connectivity index (χ1n) is 23.0. The molecule has 3 N–H and O–H groups in total. The van der Waals surface area contributed by atoms with Crippen molar-refractivity contribution in [1.82, 2.24) is 0 Å². The number of carboxylic acids is 1. The van der Waals surface area contributed by atoms with Crippen LogP contribution in [0.3, 0.4) is 0 Å². The number of esters is 1. The summed E-state index contributed by atoms with van der Waals surface area (Å²) in [7, 11) is 0. The molecule has 58 heavy (non-hydrogen) atoms. The smallest absolute Gasteiger partial charge is 0.306 e. The number of carbonyl (C=O) groups excluding carboxylic acids is 1. The maximum atomic E-state index is 12.3. The van der Waals surface area contributed by atoms with E-state index in [1.165, 1.54) is 89.9 Å². The van der Waals surface area contributed by atoms with Crippen LogP contribution in [0.15, 0.2) is 24.3 Å². The molecule has 0 unspecified atom stereocenters. The third kappa shape index (κ3) is 21.3. The Morgan fingerprint density at radius 2 is 0.741 bits per heavy atom. The molecule has 0 saturated heterocycles. The summed E-state index contributed by atoms with van der Waals surface area (Å²) in [6.45, 7) is 27.8. The highest BCUT2D eigenvalue weighted by Crippen LogP contribution is 2.41. The molecule has 0 aliphatic heterocycles. The minimum atomic E-state index is -0.798. The summed E-state index contributed by atoms with van der Waals surface area (Å²) >= 11 is 0. The Balaban J connectivity index is 0.000000704. The molecular weight excluding hydrogens is 721 g/mol. The molecular formula is C52H88O6. The second kappa shape index (κ2) is 25.6. The number of rotatable bonds is 23. The molecule has 332 valence electrons. The van der Waals surface area contributed by atoms with Crippen LogP contribution in [0.5, 0.6) is 11.5 Å². The number of phenolic OH excluding ortho intramolecular Hbond substituents is 2. The second-order valence-electron chi connectivity index (χ2n) is 21.0. The van der Waals surface area contributed by atoms with Gasteiger partial charge in [0, 0.05) is 12.8 Å². The highest BCUT2D eigenvalue weighted by molar-refractivity contribution is 5.70. The minimum absolute atomic E-state index is 0.109. The molecule has 0 aliphatic carbocycles. The molecule has 6 heteroatoms. The normalized spacial score (nSPS) is 12.3. The van der Waals surface area contributed by atoms with Crippen LogP contribution in [0.25, 0.3) is 0 Å². The van der Waals surface area contributed by atoms with Gasteiger partial charge in [-0.25, -0.2) is 0 Å². The lowest BCUT2D eigenvalue weighted by Crippen LogP contribution is -2.18. The number of aromatic hydroxyl groups is 2. The number of phenols is 2. The van der Waals surface area contributed by atoms with E-state index in [9.17, 15) is 19.8 Å². The summed E-state index contributed by atoms with van der Waals surface area (Å²) in [4.78, 5) is 23.1. The highest BCUT2D eigenvalue weighted by Gasteiger charge is 2.28. The Labute approximate surface area is 356 Å². The number of ether oxygens (including phenoxy) is 1. The lowest BCUT2D eigenvalue weighted by atomic mass is 9.78. The van der Waals surface area contributed by atoms with Gasteiger partial charge in [-0.2, -0.15) is 0 Å². The van der Waals surface area contributed by atoms with Gasteiger partial charge in [0.2, 0.25) is 0 Å². The number of benzene rings is 2. The molecule has 0 atom stereocenters. The van der Waals surface area contributed by atoms with Crippen LogP contribution in [0.2, 0.25) is 0 Å². The number of hydrogen-bond acceptors (Lipinski definition) is 5. The number of aliphatic carboxylic acids is 1. The fraction of sp³-hybridized carbons (Fsp3) is 0.731. The Morgan fingerprint density at radius 3 is 1.02 bits per heavy atom. The Kier molecular flexibility index (Phi) is 23.4. The van der Waals surface area contributed by atoms with Gasteiger partial charge in [0.25, 0.3) is 0 Å². The lowest BCUT2D eigenvalue weighted by molar-refractivity contribution is -0.143. The van der Waals surface area contributed by atoms with E-state index in [0.29, 0.717) is 37.4 Å². The first-order chi connectivity index (χ1) is 26.9. The summed E-state index contributed by atoms with van der Waals surface area (Å²) in [5.41, 5.74) is 5.05. The van der Waals surface area contributed by atoms with E-state index >= 15 is 0 Å². The molecule has 0 amide bonds. The van der Waals surface area contributed by atoms with Gasteiger partial charge in [0.05, 0.1) is 6.61 Å². The van der Waals surface area contributed by atoms with Crippen LogP contribution in [-0.4, -0.2) is 33.9 Å². The number of hydrogen-bond donors (Lipinski definition) is 3. The zero-order valence-electron chi connectivity index (χ0n) is 39.7. The summed E-state index contributed by atoms with van der Waals surface area (Å²) in [5.74, 6) is -0.190. The van der Waals surface area contributed by atoms with E-state index in [-0.39, 0.29) is 34.1 Å². The molecule has 0 saturated carbocycles. The molecule has 0 bridgehead atoms. The summed E-state index contributed by atoms with van der Waals surface area (Å²) in [6.07, 6.45) is 23.1. The van der Waals surface area contributed by atoms with E-state index in [0.717, 1.165) is 46.2 Å². The van der Waals surface area contributed by atoms with Gasteiger partial charge in [-0.1, -0.05) is 211 Å². The summed E-state index contributed by atoms with van der Waals surface area (Å²) in [6, 6.07) is 8.00. The van der Waals surface area contributed by atoms with E-state index < -0.39 is 5.97 Å². The Bertz CT molecular complexity index is 1420. The molecule has 2 rings (SSSR count). The van der Waals surface area contributed by atoms with Crippen LogP contribution in [0.1, 0.15) is 239 Å². The summed E-state index contributed by atoms with van der Waals surface area (Å²) < 4.78 is 5.51. The van der Waals surface area contributed by atoms with Crippen LogP contribution in [0.4, 0.5) is 0 Å². The van der Waals surface area contributed by atoms with Crippen molar-refractivity contribution < 1.29 is 29.6 Å². The fourth-order valence-corrected chi connectivity index (χ4v) is 7.37. The van der Waals surface area contributed by atoms with Gasteiger partial charge in [0.1, 0.15) is 11.5 Å². The average molecular weight is 809 g/mol. The zero-order chi connectivity index (χ0) is 44.2. The minimum Gasteiger partial charge on any atom is -0.507 e. The van der Waals surface area contributed by atoms with E-state index in [4.69, 9.17) is 9.84 Å². The van der Waals surface area contributed by atoms with Gasteiger partial charge in [-0.3, -0.25) is 9.59 Å². The van der Waals surface area contributed by atoms with Crippen LogP contribution < -0.4 is 0 Å².